The summed E-state index contributed by atoms with van der Waals surface area (Å²) in [7, 11) is 1.32. The summed E-state index contributed by atoms with van der Waals surface area (Å²) < 4.78 is 4.68. The summed E-state index contributed by atoms with van der Waals surface area (Å²) in [6, 6.07) is 9.83. The minimum Gasteiger partial charge on any atom is -0.507 e. The Bertz CT molecular complexity index is 1360. The topological polar surface area (TPSA) is 194 Å². The number of phenolic OH excluding ortho intramolecular Hbond substituents is 1. The number of carbonyl (C=O) groups excluding carboxylic acids is 5. The Labute approximate surface area is 281 Å². The van der Waals surface area contributed by atoms with E-state index >= 15 is 0 Å². The molecule has 0 heterocycles. The van der Waals surface area contributed by atoms with Crippen LogP contribution in [0.1, 0.15) is 54.4 Å². The van der Waals surface area contributed by atoms with Crippen LogP contribution in [-0.4, -0.2) is 89.9 Å². The molecule has 0 bridgehead atoms. The molecule has 0 aliphatic heterocycles. The second kappa shape index (κ2) is 20.2. The molecule has 4 amide bonds. The zero-order valence-electron chi connectivity index (χ0n) is 27.8. The van der Waals surface area contributed by atoms with Crippen LogP contribution in [0.5, 0.6) is 5.75 Å². The molecule has 47 heavy (non-hydrogen) atoms. The highest BCUT2D eigenvalue weighted by Crippen LogP contribution is 2.25. The van der Waals surface area contributed by atoms with Crippen molar-refractivity contribution in [1.29, 1.82) is 0 Å². The number of thioether (sulfide) groups is 1. The number of phenols is 1. The number of esters is 1. The fourth-order valence-electron chi connectivity index (χ4n) is 5.09. The minimum atomic E-state index is -0.981. The summed E-state index contributed by atoms with van der Waals surface area (Å²) in [6.45, 7) is 3.30. The van der Waals surface area contributed by atoms with E-state index in [0.29, 0.717) is 42.6 Å². The Balaban J connectivity index is 2.12. The molecule has 0 saturated heterocycles. The van der Waals surface area contributed by atoms with Crippen LogP contribution in [0.2, 0.25) is 0 Å². The predicted octanol–water partition coefficient (Wildman–Crippen LogP) is 1.89. The summed E-state index contributed by atoms with van der Waals surface area (Å²) in [4.78, 5) is 65.4. The SMILES string of the molecule is COC(=O)CCCCCN(C(=O)CNC(=O)[C@@H](CCSC)NC(=O)[C@@H](N)Cc1ccc(C)c(O)c1C)[C@@H](Cc1ccccc1)C(N)=O. The summed E-state index contributed by atoms with van der Waals surface area (Å²) >= 11 is 1.50. The quantitative estimate of drug-likeness (QED) is 0.103. The fourth-order valence-corrected chi connectivity index (χ4v) is 5.56. The highest BCUT2D eigenvalue weighted by Gasteiger charge is 2.30. The maximum atomic E-state index is 13.6. The molecule has 0 aliphatic carbocycles. The Morgan fingerprint density at radius 1 is 0.979 bits per heavy atom. The lowest BCUT2D eigenvalue weighted by atomic mass is 9.98. The predicted molar refractivity (Wildman–Crippen MR) is 183 cm³/mol. The van der Waals surface area contributed by atoms with Crippen LogP contribution in [0.3, 0.4) is 0 Å². The lowest BCUT2D eigenvalue weighted by Crippen LogP contribution is -2.55. The molecule has 0 aliphatic rings. The van der Waals surface area contributed by atoms with E-state index in [0.717, 1.165) is 11.1 Å². The zero-order chi connectivity index (χ0) is 34.9. The van der Waals surface area contributed by atoms with Gasteiger partial charge in [-0.1, -0.05) is 48.9 Å². The van der Waals surface area contributed by atoms with E-state index in [2.05, 4.69) is 15.4 Å². The van der Waals surface area contributed by atoms with Gasteiger partial charge in [0.05, 0.1) is 19.7 Å². The van der Waals surface area contributed by atoms with Crippen LogP contribution < -0.4 is 22.1 Å². The molecule has 2 aromatic carbocycles. The Morgan fingerprint density at radius 3 is 2.32 bits per heavy atom. The lowest BCUT2D eigenvalue weighted by Gasteiger charge is -2.30. The van der Waals surface area contributed by atoms with E-state index in [-0.39, 0.29) is 37.5 Å². The summed E-state index contributed by atoms with van der Waals surface area (Å²) in [5.41, 5.74) is 14.9. The Kier molecular flexibility index (Phi) is 16.8. The van der Waals surface area contributed by atoms with Crippen LogP contribution in [-0.2, 0) is 41.6 Å². The molecule has 0 saturated carbocycles. The van der Waals surface area contributed by atoms with Crippen molar-refractivity contribution in [3.8, 4) is 5.75 Å². The van der Waals surface area contributed by atoms with Crippen molar-refractivity contribution in [3.05, 3.63) is 64.7 Å². The van der Waals surface area contributed by atoms with Crippen molar-refractivity contribution in [2.24, 2.45) is 11.5 Å². The van der Waals surface area contributed by atoms with Crippen molar-refractivity contribution in [1.82, 2.24) is 15.5 Å². The Hall–Kier alpha value is -4.10. The number of aromatic hydroxyl groups is 1. The highest BCUT2D eigenvalue weighted by molar-refractivity contribution is 7.98. The van der Waals surface area contributed by atoms with Crippen molar-refractivity contribution in [3.63, 3.8) is 0 Å². The summed E-state index contributed by atoms with van der Waals surface area (Å²) in [5.74, 6) is -1.91. The van der Waals surface area contributed by atoms with E-state index < -0.39 is 48.3 Å². The number of primary amides is 1. The first-order chi connectivity index (χ1) is 22.4. The molecular formula is C34H49N5O7S. The minimum absolute atomic E-state index is 0.148. The molecule has 0 aromatic heterocycles. The van der Waals surface area contributed by atoms with Crippen LogP contribution in [0, 0.1) is 13.8 Å². The number of hydrogen-bond donors (Lipinski definition) is 5. The molecule has 0 unspecified atom stereocenters. The number of hydrogen-bond acceptors (Lipinski definition) is 9. The fraction of sp³-hybridized carbons (Fsp3) is 0.500. The van der Waals surface area contributed by atoms with E-state index in [1.165, 1.54) is 23.8 Å². The number of aryl methyl sites for hydroxylation is 1. The number of ether oxygens (including phenoxy) is 1. The number of nitrogens with zero attached hydrogens (tertiary/aromatic N) is 1. The van der Waals surface area contributed by atoms with E-state index in [1.807, 2.05) is 42.7 Å². The third-order valence-electron chi connectivity index (χ3n) is 7.98. The smallest absolute Gasteiger partial charge is 0.305 e. The molecule has 7 N–H and O–H groups in total. The average molecular weight is 672 g/mol. The zero-order valence-corrected chi connectivity index (χ0v) is 28.6. The monoisotopic (exact) mass is 671 g/mol. The maximum Gasteiger partial charge on any atom is 0.305 e. The average Bonchev–Trinajstić information content (AvgIpc) is 3.06. The largest absolute Gasteiger partial charge is 0.507 e. The third kappa shape index (κ3) is 12.9. The molecule has 0 radical (unpaired) electrons. The molecule has 13 heteroatoms. The van der Waals surface area contributed by atoms with Gasteiger partial charge in [-0.05, 0) is 73.8 Å². The second-order valence-corrected chi connectivity index (χ2v) is 12.5. The molecule has 2 aromatic rings. The van der Waals surface area contributed by atoms with Gasteiger partial charge in [0.1, 0.15) is 17.8 Å². The number of amides is 4. The molecular weight excluding hydrogens is 622 g/mol. The number of benzene rings is 2. The number of unbranched alkanes of at least 4 members (excludes halogenated alkanes) is 2. The number of rotatable bonds is 20. The van der Waals surface area contributed by atoms with Gasteiger partial charge < -0.3 is 36.8 Å². The maximum absolute atomic E-state index is 13.6. The van der Waals surface area contributed by atoms with Gasteiger partial charge in [0.2, 0.25) is 23.6 Å². The first-order valence-electron chi connectivity index (χ1n) is 15.7. The molecule has 0 spiro atoms. The number of methoxy groups -OCH3 is 1. The highest BCUT2D eigenvalue weighted by atomic mass is 32.2. The normalized spacial score (nSPS) is 12.8. The van der Waals surface area contributed by atoms with Crippen LogP contribution in [0.15, 0.2) is 42.5 Å². The standard InChI is InChI=1S/C34H49N5O7S/c1-22-14-15-25(23(2)31(22)42)20-26(35)33(44)38-27(16-18-47-4)34(45)37-21-29(40)39(17-10-6-9-13-30(41)46-3)28(32(36)43)19-24-11-7-5-8-12-24/h5,7-8,11-12,14-15,26-28,42H,6,9-10,13,16-21,35H2,1-4H3,(H2,36,43)(H,37,45)(H,38,44)/t26-,27+,28-/m0/s1. The molecule has 258 valence electrons. The van der Waals surface area contributed by atoms with Crippen LogP contribution in [0.4, 0.5) is 0 Å². The van der Waals surface area contributed by atoms with Gasteiger partial charge in [-0.3, -0.25) is 24.0 Å². The van der Waals surface area contributed by atoms with Gasteiger partial charge in [0.15, 0.2) is 0 Å². The van der Waals surface area contributed by atoms with Gasteiger partial charge in [-0.15, -0.1) is 0 Å². The molecule has 3 atom stereocenters. The number of nitrogens with one attached hydrogen (secondary N) is 2. The lowest BCUT2D eigenvalue weighted by molar-refractivity contribution is -0.141. The van der Waals surface area contributed by atoms with Gasteiger partial charge in [-0.2, -0.15) is 11.8 Å². The molecule has 12 nitrogen and oxygen atoms in total. The number of carbonyl (C=O) groups is 5. The van der Waals surface area contributed by atoms with Gasteiger partial charge in [0.25, 0.3) is 0 Å². The van der Waals surface area contributed by atoms with Crippen molar-refractivity contribution >= 4 is 41.4 Å². The first kappa shape index (κ1) is 39.1. The van der Waals surface area contributed by atoms with Crippen molar-refractivity contribution in [2.75, 3.05) is 32.2 Å². The summed E-state index contributed by atoms with van der Waals surface area (Å²) in [5, 5.41) is 15.6. The van der Waals surface area contributed by atoms with Crippen molar-refractivity contribution < 1.29 is 33.8 Å². The van der Waals surface area contributed by atoms with Gasteiger partial charge >= 0.3 is 5.97 Å². The van der Waals surface area contributed by atoms with Crippen molar-refractivity contribution in [2.45, 2.75) is 76.9 Å². The third-order valence-corrected chi connectivity index (χ3v) is 8.63. The van der Waals surface area contributed by atoms with Crippen LogP contribution in [0.25, 0.3) is 0 Å². The second-order valence-electron chi connectivity index (χ2n) is 11.5. The molecule has 0 fully saturated rings. The van der Waals surface area contributed by atoms with Gasteiger partial charge in [-0.25, -0.2) is 0 Å². The van der Waals surface area contributed by atoms with E-state index in [1.54, 1.807) is 19.9 Å². The Morgan fingerprint density at radius 2 is 1.68 bits per heavy atom. The van der Waals surface area contributed by atoms with Gasteiger partial charge in [0, 0.05) is 19.4 Å². The first-order valence-corrected chi connectivity index (χ1v) is 17.1. The van der Waals surface area contributed by atoms with E-state index in [9.17, 15) is 29.1 Å². The number of nitrogens with two attached hydrogens (primary N) is 2. The molecule has 2 rings (SSSR count). The summed E-state index contributed by atoms with van der Waals surface area (Å²) in [6.07, 6.45) is 4.42. The van der Waals surface area contributed by atoms with E-state index in [4.69, 9.17) is 11.5 Å². The van der Waals surface area contributed by atoms with Crippen LogP contribution >= 0.6 is 11.8 Å².